The van der Waals surface area contributed by atoms with E-state index in [2.05, 4.69) is 36.4 Å². The average Bonchev–Trinajstić information content (AvgIpc) is 3.23. The third kappa shape index (κ3) is 3.49. The highest BCUT2D eigenvalue weighted by atomic mass is 79.9. The Labute approximate surface area is 155 Å². The SMILES string of the molecule is O=C1N/C(=N\c2nnc(-c3ccc(Br)cc3)o2)SC1c1ccccc1. The first kappa shape index (κ1) is 16.0. The van der Waals surface area contributed by atoms with Crippen molar-refractivity contribution in [2.75, 3.05) is 0 Å². The standard InChI is InChI=1S/C17H11BrN4O2S/c18-12-8-6-11(7-9-12)15-21-22-16(24-15)20-17-19-14(23)13(25-17)10-4-2-1-3-5-10/h1-9,13H,(H,19,20,22,23). The van der Waals surface area contributed by atoms with Gasteiger partial charge in [-0.1, -0.05) is 63.1 Å². The molecule has 1 saturated heterocycles. The summed E-state index contributed by atoms with van der Waals surface area (Å²) in [5.41, 5.74) is 1.73. The van der Waals surface area contributed by atoms with Crippen molar-refractivity contribution >= 4 is 44.8 Å². The highest BCUT2D eigenvalue weighted by Crippen LogP contribution is 2.35. The molecule has 1 unspecified atom stereocenters. The molecule has 124 valence electrons. The van der Waals surface area contributed by atoms with Crippen LogP contribution in [-0.2, 0) is 4.79 Å². The van der Waals surface area contributed by atoms with Crippen LogP contribution in [0.3, 0.4) is 0 Å². The van der Waals surface area contributed by atoms with Crippen LogP contribution in [0.1, 0.15) is 10.8 Å². The molecule has 8 heteroatoms. The summed E-state index contributed by atoms with van der Waals surface area (Å²) in [6, 6.07) is 17.2. The summed E-state index contributed by atoms with van der Waals surface area (Å²) >= 11 is 4.71. The maximum Gasteiger partial charge on any atom is 0.345 e. The van der Waals surface area contributed by atoms with Gasteiger partial charge in [-0.3, -0.25) is 4.79 Å². The molecule has 1 atom stereocenters. The Hall–Kier alpha value is -2.45. The summed E-state index contributed by atoms with van der Waals surface area (Å²) in [7, 11) is 0. The van der Waals surface area contributed by atoms with Crippen LogP contribution < -0.4 is 5.32 Å². The molecule has 4 rings (SSSR count). The summed E-state index contributed by atoms with van der Waals surface area (Å²) < 4.78 is 6.52. The quantitative estimate of drug-likeness (QED) is 0.697. The minimum absolute atomic E-state index is 0.106. The van der Waals surface area contributed by atoms with Crippen LogP contribution in [0.2, 0.25) is 0 Å². The first-order chi connectivity index (χ1) is 12.2. The van der Waals surface area contributed by atoms with E-state index < -0.39 is 0 Å². The number of aliphatic imine (C=N–C) groups is 1. The Morgan fingerprint density at radius 3 is 2.60 bits per heavy atom. The molecule has 1 aromatic heterocycles. The number of carbonyl (C=O) groups is 1. The van der Waals surface area contributed by atoms with Gasteiger partial charge in [0.1, 0.15) is 5.25 Å². The number of amides is 1. The van der Waals surface area contributed by atoms with E-state index in [4.69, 9.17) is 4.42 Å². The molecule has 0 saturated carbocycles. The van der Waals surface area contributed by atoms with Gasteiger partial charge in [0.15, 0.2) is 5.17 Å². The third-order valence-corrected chi connectivity index (χ3v) is 5.17. The molecule has 25 heavy (non-hydrogen) atoms. The number of nitrogens with zero attached hydrogens (tertiary/aromatic N) is 3. The van der Waals surface area contributed by atoms with Crippen LogP contribution >= 0.6 is 27.7 Å². The molecular formula is C17H11BrN4O2S. The van der Waals surface area contributed by atoms with Crippen molar-refractivity contribution < 1.29 is 9.21 Å². The lowest BCUT2D eigenvalue weighted by Crippen LogP contribution is -2.21. The highest BCUT2D eigenvalue weighted by Gasteiger charge is 2.31. The Kier molecular flexibility index (Phi) is 4.37. The van der Waals surface area contributed by atoms with Crippen LogP contribution in [0.4, 0.5) is 6.01 Å². The maximum absolute atomic E-state index is 12.2. The number of thioether (sulfide) groups is 1. The number of hydrogen-bond donors (Lipinski definition) is 1. The van der Waals surface area contributed by atoms with Crippen molar-refractivity contribution in [1.29, 1.82) is 0 Å². The summed E-state index contributed by atoms with van der Waals surface area (Å²) in [6.45, 7) is 0. The first-order valence-corrected chi connectivity index (χ1v) is 9.07. The monoisotopic (exact) mass is 414 g/mol. The molecule has 1 amide bonds. The van der Waals surface area contributed by atoms with Crippen molar-refractivity contribution in [1.82, 2.24) is 15.5 Å². The van der Waals surface area contributed by atoms with Crippen LogP contribution in [0, 0.1) is 0 Å². The smallest absolute Gasteiger partial charge is 0.345 e. The van der Waals surface area contributed by atoms with Gasteiger partial charge in [-0.15, -0.1) is 5.10 Å². The lowest BCUT2D eigenvalue weighted by molar-refractivity contribution is -0.118. The second kappa shape index (κ2) is 6.81. The van der Waals surface area contributed by atoms with E-state index in [1.54, 1.807) is 0 Å². The molecule has 0 spiro atoms. The second-order valence-corrected chi connectivity index (χ2v) is 7.22. The van der Waals surface area contributed by atoms with Gasteiger partial charge in [-0.05, 0) is 29.8 Å². The highest BCUT2D eigenvalue weighted by molar-refractivity contribution is 9.10. The number of carbonyl (C=O) groups excluding carboxylic acids is 1. The minimum Gasteiger partial charge on any atom is -0.402 e. The minimum atomic E-state index is -0.325. The first-order valence-electron chi connectivity index (χ1n) is 7.40. The van der Waals surface area contributed by atoms with Crippen molar-refractivity contribution in [3.8, 4) is 11.5 Å². The van der Waals surface area contributed by atoms with Crippen LogP contribution in [0.15, 0.2) is 68.5 Å². The second-order valence-electron chi connectivity index (χ2n) is 5.21. The van der Waals surface area contributed by atoms with E-state index in [9.17, 15) is 4.79 Å². The van der Waals surface area contributed by atoms with Crippen LogP contribution in [0.25, 0.3) is 11.5 Å². The molecule has 6 nitrogen and oxygen atoms in total. The zero-order valence-electron chi connectivity index (χ0n) is 12.7. The number of nitrogens with one attached hydrogen (secondary N) is 1. The maximum atomic E-state index is 12.2. The van der Waals surface area contributed by atoms with Gasteiger partial charge in [0, 0.05) is 10.0 Å². The lowest BCUT2D eigenvalue weighted by atomic mass is 10.1. The fraction of sp³-hybridized carbons (Fsp3) is 0.0588. The number of aromatic nitrogens is 2. The van der Waals surface area contributed by atoms with Gasteiger partial charge < -0.3 is 9.73 Å². The van der Waals surface area contributed by atoms with Crippen molar-refractivity contribution in [3.63, 3.8) is 0 Å². The molecule has 0 aliphatic carbocycles. The zero-order chi connectivity index (χ0) is 17.2. The fourth-order valence-corrected chi connectivity index (χ4v) is 3.56. The Morgan fingerprint density at radius 2 is 1.84 bits per heavy atom. The van der Waals surface area contributed by atoms with E-state index in [0.29, 0.717) is 11.1 Å². The zero-order valence-corrected chi connectivity index (χ0v) is 15.1. The van der Waals surface area contributed by atoms with Gasteiger partial charge in [0.05, 0.1) is 0 Å². The summed E-state index contributed by atoms with van der Waals surface area (Å²) in [4.78, 5) is 16.4. The number of hydrogen-bond acceptors (Lipinski definition) is 6. The number of benzene rings is 2. The van der Waals surface area contributed by atoms with E-state index >= 15 is 0 Å². The summed E-state index contributed by atoms with van der Waals surface area (Å²) in [5.74, 6) is 0.267. The van der Waals surface area contributed by atoms with Gasteiger partial charge in [0.2, 0.25) is 11.8 Å². The molecule has 2 heterocycles. The van der Waals surface area contributed by atoms with Gasteiger partial charge in [-0.25, -0.2) is 0 Å². The van der Waals surface area contributed by atoms with Crippen LogP contribution in [-0.4, -0.2) is 21.3 Å². The molecule has 3 aromatic rings. The Bertz CT molecular complexity index is 941. The molecule has 1 N–H and O–H groups in total. The lowest BCUT2D eigenvalue weighted by Gasteiger charge is -2.03. The molecule has 1 aliphatic rings. The molecule has 1 aliphatic heterocycles. The van der Waals surface area contributed by atoms with Crippen LogP contribution in [0.5, 0.6) is 0 Å². The van der Waals surface area contributed by atoms with Crippen molar-refractivity contribution in [2.45, 2.75) is 5.25 Å². The van der Waals surface area contributed by atoms with Gasteiger partial charge in [0.25, 0.3) is 0 Å². The van der Waals surface area contributed by atoms with Crippen molar-refractivity contribution in [2.24, 2.45) is 4.99 Å². The Balaban J connectivity index is 1.54. The van der Waals surface area contributed by atoms with E-state index in [0.717, 1.165) is 15.6 Å². The molecule has 1 fully saturated rings. The molecule has 2 aromatic carbocycles. The van der Waals surface area contributed by atoms with Gasteiger partial charge in [-0.2, -0.15) is 4.99 Å². The molecular weight excluding hydrogens is 404 g/mol. The third-order valence-electron chi connectivity index (χ3n) is 3.50. The predicted molar refractivity (Wildman–Crippen MR) is 99.4 cm³/mol. The van der Waals surface area contributed by atoms with Gasteiger partial charge >= 0.3 is 6.01 Å². The van der Waals surface area contributed by atoms with Crippen molar-refractivity contribution in [3.05, 3.63) is 64.6 Å². The number of rotatable bonds is 3. The largest absolute Gasteiger partial charge is 0.402 e. The number of amidine groups is 1. The normalized spacial score (nSPS) is 18.5. The average molecular weight is 415 g/mol. The van der Waals surface area contributed by atoms with E-state index in [1.807, 2.05) is 54.6 Å². The predicted octanol–water partition coefficient (Wildman–Crippen LogP) is 4.09. The van der Waals surface area contributed by atoms with E-state index in [-0.39, 0.29) is 17.2 Å². The number of halogens is 1. The Morgan fingerprint density at radius 1 is 1.08 bits per heavy atom. The topological polar surface area (TPSA) is 80.4 Å². The molecule has 0 bridgehead atoms. The summed E-state index contributed by atoms with van der Waals surface area (Å²) in [5, 5.41) is 10.8. The summed E-state index contributed by atoms with van der Waals surface area (Å²) in [6.07, 6.45) is 0. The molecule has 0 radical (unpaired) electrons. The fourth-order valence-electron chi connectivity index (χ4n) is 2.32. The van der Waals surface area contributed by atoms with E-state index in [1.165, 1.54) is 11.8 Å².